The summed E-state index contributed by atoms with van der Waals surface area (Å²) in [5, 5.41) is 21.1. The van der Waals surface area contributed by atoms with Crippen molar-refractivity contribution in [1.29, 1.82) is 0 Å². The molecular formula is C18H25F6NO4Si. The number of benzene rings is 1. The molecule has 1 aromatic carbocycles. The van der Waals surface area contributed by atoms with E-state index in [0.29, 0.717) is 12.1 Å². The summed E-state index contributed by atoms with van der Waals surface area (Å²) < 4.78 is 84.2. The molecule has 2 unspecified atom stereocenters. The summed E-state index contributed by atoms with van der Waals surface area (Å²) >= 11 is 0. The fourth-order valence-electron chi connectivity index (χ4n) is 2.27. The number of alkyl halides is 6. The number of amides is 1. The Kier molecular flexibility index (Phi) is 7.66. The third kappa shape index (κ3) is 6.88. The van der Waals surface area contributed by atoms with Crippen LogP contribution in [0.4, 0.5) is 31.1 Å². The topological polar surface area (TPSA) is 78.8 Å². The van der Waals surface area contributed by atoms with Crippen LogP contribution < -0.4 is 5.32 Å². The van der Waals surface area contributed by atoms with E-state index in [1.165, 1.54) is 0 Å². The number of nitrogens with one attached hydrogen (secondary N) is 1. The van der Waals surface area contributed by atoms with E-state index in [4.69, 9.17) is 9.53 Å². The van der Waals surface area contributed by atoms with Crippen molar-refractivity contribution in [1.82, 2.24) is 5.32 Å². The Morgan fingerprint density at radius 3 is 1.80 bits per heavy atom. The van der Waals surface area contributed by atoms with Crippen molar-refractivity contribution in [2.75, 3.05) is 6.61 Å². The van der Waals surface area contributed by atoms with Crippen LogP contribution in [0.5, 0.6) is 0 Å². The van der Waals surface area contributed by atoms with Gasteiger partial charge in [0, 0.05) is 0 Å². The number of halogens is 6. The summed E-state index contributed by atoms with van der Waals surface area (Å²) in [6.07, 6.45) is -13.8. The molecule has 1 aromatic rings. The molecule has 0 aliphatic carbocycles. The van der Waals surface area contributed by atoms with Gasteiger partial charge in [-0.25, -0.2) is 4.79 Å². The van der Waals surface area contributed by atoms with Crippen LogP contribution in [0.3, 0.4) is 0 Å². The molecule has 0 aromatic heterocycles. The minimum atomic E-state index is -5.09. The summed E-state index contributed by atoms with van der Waals surface area (Å²) in [6, 6.07) is -0.825. The Labute approximate surface area is 171 Å². The predicted octanol–water partition coefficient (Wildman–Crippen LogP) is 5.42. The molecule has 0 saturated carbocycles. The van der Waals surface area contributed by atoms with Gasteiger partial charge in [0.05, 0.1) is 23.8 Å². The van der Waals surface area contributed by atoms with E-state index < -0.39 is 62.2 Å². The minimum Gasteiger partial charge on any atom is -0.465 e. The van der Waals surface area contributed by atoms with Crippen LogP contribution >= 0.6 is 0 Å². The molecule has 3 N–H and O–H groups in total. The predicted molar refractivity (Wildman–Crippen MR) is 99.5 cm³/mol. The molecule has 30 heavy (non-hydrogen) atoms. The van der Waals surface area contributed by atoms with E-state index >= 15 is 0 Å². The number of hydrogen-bond donors (Lipinski definition) is 3. The third-order valence-electron chi connectivity index (χ3n) is 5.07. The fourth-order valence-corrected chi connectivity index (χ4v) is 3.30. The van der Waals surface area contributed by atoms with Crippen molar-refractivity contribution in [3.8, 4) is 0 Å². The highest BCUT2D eigenvalue weighted by molar-refractivity contribution is 6.74. The Morgan fingerprint density at radius 2 is 1.47 bits per heavy atom. The average Bonchev–Trinajstić information content (AvgIpc) is 2.54. The molecule has 1 amide bonds. The lowest BCUT2D eigenvalue weighted by Crippen LogP contribution is -2.48. The summed E-state index contributed by atoms with van der Waals surface area (Å²) in [5.41, 5.74) is -3.94. The van der Waals surface area contributed by atoms with Crippen molar-refractivity contribution in [2.45, 2.75) is 63.4 Å². The van der Waals surface area contributed by atoms with Gasteiger partial charge in [0.15, 0.2) is 8.32 Å². The maximum absolute atomic E-state index is 13.1. The second kappa shape index (κ2) is 8.75. The Hall–Kier alpha value is -1.79. The minimum absolute atomic E-state index is 0.0675. The highest BCUT2D eigenvalue weighted by Crippen LogP contribution is 2.39. The molecule has 0 aliphatic heterocycles. The molecule has 172 valence electrons. The van der Waals surface area contributed by atoms with E-state index in [-0.39, 0.29) is 11.1 Å². The first-order valence-corrected chi connectivity index (χ1v) is 11.8. The van der Waals surface area contributed by atoms with Gasteiger partial charge in [-0.15, -0.1) is 0 Å². The number of hydrogen-bond acceptors (Lipinski definition) is 3. The van der Waals surface area contributed by atoms with Crippen molar-refractivity contribution in [2.24, 2.45) is 0 Å². The van der Waals surface area contributed by atoms with Gasteiger partial charge < -0.3 is 20.0 Å². The zero-order chi connectivity index (χ0) is 23.7. The van der Waals surface area contributed by atoms with Crippen molar-refractivity contribution in [3.63, 3.8) is 0 Å². The van der Waals surface area contributed by atoms with Crippen LogP contribution in [0.25, 0.3) is 0 Å². The Bertz CT molecular complexity index is 726. The average molecular weight is 461 g/mol. The lowest BCUT2D eigenvalue weighted by atomic mass is 9.97. The van der Waals surface area contributed by atoms with Crippen molar-refractivity contribution >= 4 is 14.4 Å². The number of aliphatic hydroxyl groups is 1. The largest absolute Gasteiger partial charge is 0.465 e. The molecule has 12 heteroatoms. The lowest BCUT2D eigenvalue weighted by molar-refractivity contribution is -0.143. The fraction of sp³-hybridized carbons (Fsp3) is 0.611. The second-order valence-electron chi connectivity index (χ2n) is 8.41. The first-order chi connectivity index (χ1) is 13.3. The molecule has 5 nitrogen and oxygen atoms in total. The van der Waals surface area contributed by atoms with Gasteiger partial charge in [0.25, 0.3) is 0 Å². The van der Waals surface area contributed by atoms with Crippen LogP contribution in [0.2, 0.25) is 18.1 Å². The SMILES string of the molecule is CC(C)(C)[Si](C)(C)OCC(NC(=O)O)C(O)c1cc(C(F)(F)F)cc(C(F)(F)F)c1. The first-order valence-electron chi connectivity index (χ1n) is 8.86. The quantitative estimate of drug-likeness (QED) is 0.391. The molecule has 0 spiro atoms. The summed E-state index contributed by atoms with van der Waals surface area (Å²) in [4.78, 5) is 11.1. The van der Waals surface area contributed by atoms with Gasteiger partial charge in [-0.05, 0) is 41.9 Å². The van der Waals surface area contributed by atoms with E-state index in [1.807, 2.05) is 39.2 Å². The zero-order valence-corrected chi connectivity index (χ0v) is 18.1. The summed E-state index contributed by atoms with van der Waals surface area (Å²) in [7, 11) is -2.45. The van der Waals surface area contributed by atoms with Gasteiger partial charge in [-0.2, -0.15) is 26.3 Å². The van der Waals surface area contributed by atoms with Crippen molar-refractivity contribution in [3.05, 3.63) is 34.9 Å². The van der Waals surface area contributed by atoms with Crippen LogP contribution in [0.1, 0.15) is 43.6 Å². The maximum atomic E-state index is 13.1. The van der Waals surface area contributed by atoms with E-state index in [1.54, 1.807) is 0 Å². The molecule has 0 radical (unpaired) electrons. The first kappa shape index (κ1) is 26.2. The van der Waals surface area contributed by atoms with Gasteiger partial charge >= 0.3 is 18.4 Å². The molecule has 0 fully saturated rings. The molecule has 2 atom stereocenters. The van der Waals surface area contributed by atoms with Crippen LogP contribution in [-0.2, 0) is 16.8 Å². The van der Waals surface area contributed by atoms with Crippen LogP contribution in [0, 0.1) is 0 Å². The van der Waals surface area contributed by atoms with Crippen LogP contribution in [-0.4, -0.2) is 37.3 Å². The Balaban J connectivity index is 3.35. The second-order valence-corrected chi connectivity index (χ2v) is 13.2. The van der Waals surface area contributed by atoms with Gasteiger partial charge in [-0.3, -0.25) is 0 Å². The zero-order valence-electron chi connectivity index (χ0n) is 17.1. The van der Waals surface area contributed by atoms with E-state index in [9.17, 15) is 36.2 Å². The highest BCUT2D eigenvalue weighted by Gasteiger charge is 2.40. The molecular weight excluding hydrogens is 436 g/mol. The smallest absolute Gasteiger partial charge is 0.416 e. The number of aliphatic hydroxyl groups excluding tert-OH is 1. The maximum Gasteiger partial charge on any atom is 0.416 e. The van der Waals surface area contributed by atoms with E-state index in [2.05, 4.69) is 0 Å². The van der Waals surface area contributed by atoms with Gasteiger partial charge in [-0.1, -0.05) is 20.8 Å². The molecule has 0 saturated heterocycles. The standard InChI is InChI=1S/C18H25F6NO4Si/c1-16(2,3)30(4,5)29-9-13(25-15(27)28)14(26)10-6-11(17(19,20)21)8-12(7-10)18(22,23)24/h6-8,13-14,25-26H,9H2,1-5H3,(H,27,28). The number of carbonyl (C=O) groups is 1. The summed E-state index contributed by atoms with van der Waals surface area (Å²) in [5.74, 6) is 0. The van der Waals surface area contributed by atoms with E-state index in [0.717, 1.165) is 0 Å². The molecule has 0 heterocycles. The monoisotopic (exact) mass is 461 g/mol. The lowest BCUT2D eigenvalue weighted by Gasteiger charge is -2.38. The van der Waals surface area contributed by atoms with Crippen molar-refractivity contribution < 1.29 is 45.8 Å². The highest BCUT2D eigenvalue weighted by atomic mass is 28.4. The molecule has 0 aliphatic rings. The van der Waals surface area contributed by atoms with Gasteiger partial charge in [0.2, 0.25) is 0 Å². The van der Waals surface area contributed by atoms with Crippen LogP contribution in [0.15, 0.2) is 18.2 Å². The molecule has 0 bridgehead atoms. The number of carboxylic acid groups (broad SMARTS) is 1. The third-order valence-corrected chi connectivity index (χ3v) is 9.57. The Morgan fingerprint density at radius 1 is 1.03 bits per heavy atom. The van der Waals surface area contributed by atoms with Gasteiger partial charge in [0.1, 0.15) is 6.10 Å². The normalized spacial score (nSPS) is 15.6. The summed E-state index contributed by atoms with van der Waals surface area (Å²) in [6.45, 7) is 8.88. The molecule has 1 rings (SSSR count). The number of rotatable bonds is 6.